The van der Waals surface area contributed by atoms with Gasteiger partial charge in [-0.25, -0.2) is 4.98 Å². The van der Waals surface area contributed by atoms with Crippen molar-refractivity contribution in [2.75, 3.05) is 32.1 Å². The van der Waals surface area contributed by atoms with E-state index in [0.717, 1.165) is 37.4 Å². The van der Waals surface area contributed by atoms with Gasteiger partial charge >= 0.3 is 0 Å². The Kier molecular flexibility index (Phi) is 7.65. The number of aryl methyl sites for hydroxylation is 1. The Morgan fingerprint density at radius 3 is 2.75 bits per heavy atom. The van der Waals surface area contributed by atoms with Gasteiger partial charge in [0.15, 0.2) is 0 Å². The Morgan fingerprint density at radius 1 is 1.30 bits per heavy atom. The number of carbonyl (C=O) groups is 1. The molecule has 0 saturated carbocycles. The van der Waals surface area contributed by atoms with Crippen molar-refractivity contribution >= 4 is 11.7 Å². The normalized spacial score (nSPS) is 10.3. The second-order valence-electron chi connectivity index (χ2n) is 4.56. The lowest BCUT2D eigenvalue weighted by molar-refractivity contribution is 0.0941. The predicted octanol–water partition coefficient (Wildman–Crippen LogP) is 2.23. The molecule has 0 bridgehead atoms. The minimum atomic E-state index is -0.0610. The highest BCUT2D eigenvalue weighted by Gasteiger charge is 2.08. The van der Waals surface area contributed by atoms with Crippen molar-refractivity contribution in [2.24, 2.45) is 0 Å². The molecule has 0 aliphatic carbocycles. The molecule has 2 N–H and O–H groups in total. The first-order valence-electron chi connectivity index (χ1n) is 7.25. The van der Waals surface area contributed by atoms with Crippen LogP contribution < -0.4 is 10.6 Å². The Balaban J connectivity index is 2.46. The third-order valence-electron chi connectivity index (χ3n) is 2.86. The summed E-state index contributed by atoms with van der Waals surface area (Å²) in [5, 5.41) is 5.88. The molecule has 0 unspecified atom stereocenters. The van der Waals surface area contributed by atoms with Crippen LogP contribution in [-0.4, -0.2) is 37.7 Å². The summed E-state index contributed by atoms with van der Waals surface area (Å²) in [6.45, 7) is 6.20. The van der Waals surface area contributed by atoms with Gasteiger partial charge in [-0.15, -0.1) is 0 Å². The number of anilines is 1. The van der Waals surface area contributed by atoms with Crippen LogP contribution in [0.2, 0.25) is 0 Å². The summed E-state index contributed by atoms with van der Waals surface area (Å²) in [6, 6.07) is 3.60. The summed E-state index contributed by atoms with van der Waals surface area (Å²) >= 11 is 0. The van der Waals surface area contributed by atoms with Crippen LogP contribution in [0.15, 0.2) is 12.1 Å². The Bertz CT molecular complexity index is 399. The van der Waals surface area contributed by atoms with Crippen LogP contribution in [0.3, 0.4) is 0 Å². The zero-order chi connectivity index (χ0) is 14.8. The van der Waals surface area contributed by atoms with Crippen molar-refractivity contribution < 1.29 is 9.53 Å². The molecule has 5 heteroatoms. The third-order valence-corrected chi connectivity index (χ3v) is 2.86. The largest absolute Gasteiger partial charge is 0.381 e. The summed E-state index contributed by atoms with van der Waals surface area (Å²) < 4.78 is 5.37. The lowest BCUT2D eigenvalue weighted by atomic mass is 10.2. The average molecular weight is 279 g/mol. The molecule has 0 aromatic carbocycles. The third kappa shape index (κ3) is 5.57. The van der Waals surface area contributed by atoms with Gasteiger partial charge in [0.05, 0.1) is 0 Å². The lowest BCUT2D eigenvalue weighted by Gasteiger charge is -2.09. The molecule has 0 atom stereocenters. The van der Waals surface area contributed by atoms with Gasteiger partial charge in [-0.3, -0.25) is 4.79 Å². The molecule has 1 aromatic rings. The van der Waals surface area contributed by atoms with Crippen LogP contribution in [0.5, 0.6) is 0 Å². The number of pyridine rings is 1. The van der Waals surface area contributed by atoms with Crippen LogP contribution in [0.1, 0.15) is 42.7 Å². The fourth-order valence-corrected chi connectivity index (χ4v) is 1.75. The summed E-state index contributed by atoms with van der Waals surface area (Å²) in [4.78, 5) is 16.4. The Morgan fingerprint density at radius 2 is 2.10 bits per heavy atom. The second-order valence-corrected chi connectivity index (χ2v) is 4.56. The van der Waals surface area contributed by atoms with Crippen molar-refractivity contribution in [1.82, 2.24) is 10.3 Å². The second kappa shape index (κ2) is 9.31. The SMILES string of the molecule is CCCOCCCNC(=O)c1cc(CC)nc(NC)c1. The molecule has 0 spiro atoms. The van der Waals surface area contributed by atoms with Crippen molar-refractivity contribution in [1.29, 1.82) is 0 Å². The number of hydrogen-bond donors (Lipinski definition) is 2. The highest BCUT2D eigenvalue weighted by Crippen LogP contribution is 2.10. The summed E-state index contributed by atoms with van der Waals surface area (Å²) in [7, 11) is 1.80. The van der Waals surface area contributed by atoms with E-state index in [9.17, 15) is 4.79 Å². The minimum absolute atomic E-state index is 0.0610. The first-order valence-corrected chi connectivity index (χ1v) is 7.25. The van der Waals surface area contributed by atoms with Crippen LogP contribution in [-0.2, 0) is 11.2 Å². The maximum absolute atomic E-state index is 12.1. The van der Waals surface area contributed by atoms with Gasteiger partial charge in [0.25, 0.3) is 5.91 Å². The molecule has 0 aliphatic heterocycles. The van der Waals surface area contributed by atoms with E-state index >= 15 is 0 Å². The maximum atomic E-state index is 12.1. The van der Waals surface area contributed by atoms with Crippen molar-refractivity contribution in [3.63, 3.8) is 0 Å². The molecule has 5 nitrogen and oxygen atoms in total. The number of amides is 1. The van der Waals surface area contributed by atoms with Gasteiger partial charge in [-0.1, -0.05) is 13.8 Å². The monoisotopic (exact) mass is 279 g/mol. The van der Waals surface area contributed by atoms with Gasteiger partial charge in [0.2, 0.25) is 0 Å². The zero-order valence-electron chi connectivity index (χ0n) is 12.7. The van der Waals surface area contributed by atoms with E-state index in [1.807, 2.05) is 13.0 Å². The fourth-order valence-electron chi connectivity index (χ4n) is 1.75. The standard InChI is InChI=1S/C15H25N3O2/c1-4-8-20-9-6-7-17-15(19)12-10-13(5-2)18-14(11-12)16-3/h10-11H,4-9H2,1-3H3,(H,16,18)(H,17,19). The summed E-state index contributed by atoms with van der Waals surface area (Å²) in [5.74, 6) is 0.662. The minimum Gasteiger partial charge on any atom is -0.381 e. The van der Waals surface area contributed by atoms with Gasteiger partial charge in [0.1, 0.15) is 5.82 Å². The molecule has 1 heterocycles. The Hall–Kier alpha value is -1.62. The number of nitrogens with zero attached hydrogens (tertiary/aromatic N) is 1. The lowest BCUT2D eigenvalue weighted by Crippen LogP contribution is -2.25. The number of hydrogen-bond acceptors (Lipinski definition) is 4. The summed E-state index contributed by atoms with van der Waals surface area (Å²) in [5.41, 5.74) is 1.56. The molecule has 0 saturated heterocycles. The van der Waals surface area contributed by atoms with Crippen LogP contribution in [0.25, 0.3) is 0 Å². The van der Waals surface area contributed by atoms with E-state index in [4.69, 9.17) is 4.74 Å². The number of carbonyl (C=O) groups excluding carboxylic acids is 1. The topological polar surface area (TPSA) is 63.2 Å². The van der Waals surface area contributed by atoms with Gasteiger partial charge in [0, 0.05) is 38.1 Å². The van der Waals surface area contributed by atoms with E-state index in [1.54, 1.807) is 13.1 Å². The van der Waals surface area contributed by atoms with E-state index in [0.29, 0.717) is 18.7 Å². The van der Waals surface area contributed by atoms with E-state index in [1.165, 1.54) is 0 Å². The number of aromatic nitrogens is 1. The van der Waals surface area contributed by atoms with Crippen LogP contribution in [0, 0.1) is 0 Å². The molecule has 1 amide bonds. The van der Waals surface area contributed by atoms with Gasteiger partial charge in [-0.2, -0.15) is 0 Å². The van der Waals surface area contributed by atoms with Crippen molar-refractivity contribution in [3.05, 3.63) is 23.4 Å². The molecule has 0 radical (unpaired) electrons. The molecule has 112 valence electrons. The van der Waals surface area contributed by atoms with Crippen LogP contribution in [0.4, 0.5) is 5.82 Å². The number of rotatable bonds is 9. The highest BCUT2D eigenvalue weighted by atomic mass is 16.5. The molecule has 1 rings (SSSR count). The first-order chi connectivity index (χ1) is 9.71. The van der Waals surface area contributed by atoms with Crippen molar-refractivity contribution in [2.45, 2.75) is 33.1 Å². The fraction of sp³-hybridized carbons (Fsp3) is 0.600. The maximum Gasteiger partial charge on any atom is 0.251 e. The zero-order valence-corrected chi connectivity index (χ0v) is 12.7. The predicted molar refractivity (Wildman–Crippen MR) is 81.2 cm³/mol. The molecular formula is C15H25N3O2. The molecule has 20 heavy (non-hydrogen) atoms. The molecule has 0 fully saturated rings. The molecular weight excluding hydrogens is 254 g/mol. The van der Waals surface area contributed by atoms with E-state index in [2.05, 4.69) is 22.5 Å². The van der Waals surface area contributed by atoms with Crippen LogP contribution >= 0.6 is 0 Å². The number of ether oxygens (including phenoxy) is 1. The quantitative estimate of drug-likeness (QED) is 0.680. The number of nitrogens with one attached hydrogen (secondary N) is 2. The van der Waals surface area contributed by atoms with Crippen molar-refractivity contribution in [3.8, 4) is 0 Å². The van der Waals surface area contributed by atoms with E-state index in [-0.39, 0.29) is 5.91 Å². The van der Waals surface area contributed by atoms with Gasteiger partial charge in [-0.05, 0) is 31.4 Å². The van der Waals surface area contributed by atoms with E-state index < -0.39 is 0 Å². The average Bonchev–Trinajstić information content (AvgIpc) is 2.49. The van der Waals surface area contributed by atoms with Gasteiger partial charge < -0.3 is 15.4 Å². The highest BCUT2D eigenvalue weighted by molar-refractivity contribution is 5.94. The Labute approximate surface area is 121 Å². The smallest absolute Gasteiger partial charge is 0.251 e. The first kappa shape index (κ1) is 16.4. The molecule has 1 aromatic heterocycles. The molecule has 0 aliphatic rings. The summed E-state index contributed by atoms with van der Waals surface area (Å²) in [6.07, 6.45) is 2.66.